The highest BCUT2D eigenvalue weighted by atomic mass is 32.1. The van der Waals surface area contributed by atoms with Crippen molar-refractivity contribution in [2.45, 2.75) is 32.3 Å². The Morgan fingerprint density at radius 3 is 2.93 bits per heavy atom. The summed E-state index contributed by atoms with van der Waals surface area (Å²) >= 11 is 1.53. The van der Waals surface area contributed by atoms with Gasteiger partial charge in [0, 0.05) is 23.2 Å². The number of rotatable bonds is 5. The summed E-state index contributed by atoms with van der Waals surface area (Å²) in [6, 6.07) is 9.65. The third kappa shape index (κ3) is 4.16. The lowest BCUT2D eigenvalue weighted by Crippen LogP contribution is -2.38. The highest BCUT2D eigenvalue weighted by molar-refractivity contribution is 7.09. The highest BCUT2D eigenvalue weighted by Crippen LogP contribution is 2.24. The second-order valence-corrected chi connectivity index (χ2v) is 7.96. The van der Waals surface area contributed by atoms with Gasteiger partial charge >= 0.3 is 0 Å². The summed E-state index contributed by atoms with van der Waals surface area (Å²) in [6.07, 6.45) is 3.21. The first-order valence-corrected chi connectivity index (χ1v) is 9.72. The molecule has 1 fully saturated rings. The average molecular weight is 383 g/mol. The van der Waals surface area contributed by atoms with E-state index < -0.39 is 5.79 Å². The fraction of sp³-hybridized carbons (Fsp3) is 0.350. The number of amides is 1. The Morgan fingerprint density at radius 2 is 2.19 bits per heavy atom. The molecule has 1 aliphatic heterocycles. The van der Waals surface area contributed by atoms with E-state index in [4.69, 9.17) is 9.47 Å². The monoisotopic (exact) mass is 383 g/mol. The summed E-state index contributed by atoms with van der Waals surface area (Å²) in [6.45, 7) is 5.10. The molecule has 3 heterocycles. The Kier molecular flexibility index (Phi) is 4.90. The second kappa shape index (κ2) is 7.34. The van der Waals surface area contributed by atoms with Crippen molar-refractivity contribution in [2.75, 3.05) is 13.2 Å². The maximum atomic E-state index is 13.2. The molecule has 6 nitrogen and oxygen atoms in total. The Bertz CT molecular complexity index is 943. The van der Waals surface area contributed by atoms with Crippen molar-refractivity contribution in [2.24, 2.45) is 0 Å². The van der Waals surface area contributed by atoms with Crippen LogP contribution in [0.4, 0.5) is 0 Å². The van der Waals surface area contributed by atoms with Gasteiger partial charge in [-0.05, 0) is 26.0 Å². The predicted octanol–water partition coefficient (Wildman–Crippen LogP) is 3.49. The van der Waals surface area contributed by atoms with Crippen LogP contribution in [0.1, 0.15) is 29.2 Å². The van der Waals surface area contributed by atoms with Crippen LogP contribution in [0.3, 0.4) is 0 Å². The zero-order valence-corrected chi connectivity index (χ0v) is 16.1. The molecule has 4 rings (SSSR count). The van der Waals surface area contributed by atoms with E-state index in [9.17, 15) is 4.79 Å². The molecule has 1 atom stereocenters. The quantitative estimate of drug-likeness (QED) is 0.675. The standard InChI is InChI=1S/C20H21N3O3S/c1-20(2)25-13-16(26-20)11-23(12-18-21-7-8-27-18)19(24)15-9-14-5-3-4-6-17(14)22-10-15/h3-10,16H,11-13H2,1-2H3/t16-/m1/s1. The van der Waals surface area contributed by atoms with Gasteiger partial charge in [-0.3, -0.25) is 9.78 Å². The van der Waals surface area contributed by atoms with Crippen LogP contribution in [-0.2, 0) is 16.0 Å². The van der Waals surface area contributed by atoms with Gasteiger partial charge in [0.15, 0.2) is 5.79 Å². The number of thiazole rings is 1. The molecule has 27 heavy (non-hydrogen) atoms. The van der Waals surface area contributed by atoms with E-state index in [2.05, 4.69) is 9.97 Å². The summed E-state index contributed by atoms with van der Waals surface area (Å²) in [4.78, 5) is 23.7. The van der Waals surface area contributed by atoms with E-state index in [1.165, 1.54) is 11.3 Å². The Morgan fingerprint density at radius 1 is 1.33 bits per heavy atom. The first kappa shape index (κ1) is 18.0. The molecular formula is C20H21N3O3S. The Hall–Kier alpha value is -2.35. The SMILES string of the molecule is CC1(C)OC[C@@H](CN(Cc2nccs2)C(=O)c2cnc3ccccc3c2)O1. The summed E-state index contributed by atoms with van der Waals surface area (Å²) in [5, 5.41) is 3.74. The van der Waals surface area contributed by atoms with Gasteiger partial charge in [0.2, 0.25) is 0 Å². The maximum absolute atomic E-state index is 13.2. The normalized spacial score (nSPS) is 18.7. The minimum atomic E-state index is -0.620. The fourth-order valence-electron chi connectivity index (χ4n) is 3.18. The zero-order valence-electron chi connectivity index (χ0n) is 15.3. The van der Waals surface area contributed by atoms with Crippen LogP contribution < -0.4 is 0 Å². The van der Waals surface area contributed by atoms with Crippen LogP contribution in [0.5, 0.6) is 0 Å². The molecule has 1 aromatic carbocycles. The molecule has 1 aliphatic rings. The van der Waals surface area contributed by atoms with Crippen molar-refractivity contribution in [1.82, 2.24) is 14.9 Å². The third-order valence-electron chi connectivity index (χ3n) is 4.43. The van der Waals surface area contributed by atoms with Gasteiger partial charge in [0.25, 0.3) is 5.91 Å². The molecule has 0 unspecified atom stereocenters. The summed E-state index contributed by atoms with van der Waals surface area (Å²) in [5.41, 5.74) is 1.43. The summed E-state index contributed by atoms with van der Waals surface area (Å²) in [5.74, 6) is -0.706. The summed E-state index contributed by atoms with van der Waals surface area (Å²) in [7, 11) is 0. The lowest BCUT2D eigenvalue weighted by atomic mass is 10.1. The van der Waals surface area contributed by atoms with E-state index >= 15 is 0 Å². The van der Waals surface area contributed by atoms with E-state index in [0.29, 0.717) is 25.3 Å². The average Bonchev–Trinajstić information content (AvgIpc) is 3.29. The van der Waals surface area contributed by atoms with Crippen LogP contribution >= 0.6 is 11.3 Å². The van der Waals surface area contributed by atoms with Gasteiger partial charge in [-0.15, -0.1) is 11.3 Å². The van der Waals surface area contributed by atoms with E-state index in [1.54, 1.807) is 17.3 Å². The highest BCUT2D eigenvalue weighted by Gasteiger charge is 2.34. The molecule has 2 aromatic heterocycles. The molecule has 1 amide bonds. The maximum Gasteiger partial charge on any atom is 0.255 e. The van der Waals surface area contributed by atoms with Crippen LogP contribution in [0, 0.1) is 0 Å². The first-order valence-electron chi connectivity index (χ1n) is 8.84. The molecule has 7 heteroatoms. The number of aromatic nitrogens is 2. The van der Waals surface area contributed by atoms with E-state index in [-0.39, 0.29) is 12.0 Å². The van der Waals surface area contributed by atoms with Crippen molar-refractivity contribution in [3.8, 4) is 0 Å². The molecule has 3 aromatic rings. The van der Waals surface area contributed by atoms with E-state index in [1.807, 2.05) is 49.6 Å². The molecule has 0 aliphatic carbocycles. The number of carbonyl (C=O) groups is 1. The van der Waals surface area contributed by atoms with Crippen LogP contribution in [-0.4, -0.2) is 45.8 Å². The molecule has 0 spiro atoms. The van der Waals surface area contributed by atoms with Crippen LogP contribution in [0.15, 0.2) is 48.1 Å². The smallest absolute Gasteiger partial charge is 0.255 e. The van der Waals surface area contributed by atoms with Gasteiger partial charge < -0.3 is 14.4 Å². The van der Waals surface area contributed by atoms with Crippen molar-refractivity contribution < 1.29 is 14.3 Å². The minimum Gasteiger partial charge on any atom is -0.348 e. The minimum absolute atomic E-state index is 0.0863. The Balaban J connectivity index is 1.58. The molecule has 1 saturated heterocycles. The lowest BCUT2D eigenvalue weighted by molar-refractivity contribution is -0.139. The molecule has 0 saturated carbocycles. The van der Waals surface area contributed by atoms with Crippen molar-refractivity contribution in [3.63, 3.8) is 0 Å². The Labute approximate surface area is 161 Å². The number of hydrogen-bond donors (Lipinski definition) is 0. The number of nitrogens with zero attached hydrogens (tertiary/aromatic N) is 3. The third-order valence-corrected chi connectivity index (χ3v) is 5.19. The predicted molar refractivity (Wildman–Crippen MR) is 104 cm³/mol. The first-order chi connectivity index (χ1) is 13.0. The van der Waals surface area contributed by atoms with Crippen molar-refractivity contribution in [3.05, 3.63) is 58.7 Å². The topological polar surface area (TPSA) is 64.5 Å². The molecule has 140 valence electrons. The van der Waals surface area contributed by atoms with Gasteiger partial charge in [-0.1, -0.05) is 18.2 Å². The largest absolute Gasteiger partial charge is 0.348 e. The van der Waals surface area contributed by atoms with Gasteiger partial charge in [-0.25, -0.2) is 4.98 Å². The fourth-order valence-corrected chi connectivity index (χ4v) is 3.81. The number of hydrogen-bond acceptors (Lipinski definition) is 6. The lowest BCUT2D eigenvalue weighted by Gasteiger charge is -2.25. The van der Waals surface area contributed by atoms with Gasteiger partial charge in [0.1, 0.15) is 11.1 Å². The number of pyridine rings is 1. The van der Waals surface area contributed by atoms with Crippen molar-refractivity contribution >= 4 is 28.1 Å². The number of benzene rings is 1. The number of para-hydroxylation sites is 1. The van der Waals surface area contributed by atoms with Gasteiger partial charge in [-0.2, -0.15) is 0 Å². The van der Waals surface area contributed by atoms with E-state index in [0.717, 1.165) is 15.9 Å². The molecular weight excluding hydrogens is 362 g/mol. The molecule has 0 radical (unpaired) electrons. The van der Waals surface area contributed by atoms with Crippen LogP contribution in [0.25, 0.3) is 10.9 Å². The second-order valence-electron chi connectivity index (χ2n) is 6.98. The number of carbonyl (C=O) groups excluding carboxylic acids is 1. The molecule has 0 N–H and O–H groups in total. The number of fused-ring (bicyclic) bond motifs is 1. The zero-order chi connectivity index (χ0) is 18.9. The summed E-state index contributed by atoms with van der Waals surface area (Å²) < 4.78 is 11.6. The molecule has 0 bridgehead atoms. The van der Waals surface area contributed by atoms with Crippen molar-refractivity contribution in [1.29, 1.82) is 0 Å². The van der Waals surface area contributed by atoms with Crippen LogP contribution in [0.2, 0.25) is 0 Å². The number of ether oxygens (including phenoxy) is 2. The van der Waals surface area contributed by atoms with Gasteiger partial charge in [0.05, 0.1) is 30.8 Å².